The van der Waals surface area contributed by atoms with E-state index in [2.05, 4.69) is 47.4 Å². The van der Waals surface area contributed by atoms with Gasteiger partial charge < -0.3 is 48.6 Å². The molecule has 1 amide bonds. The highest BCUT2D eigenvalue weighted by atomic mass is 35.5. The summed E-state index contributed by atoms with van der Waals surface area (Å²) in [6.07, 6.45) is 7.00. The molecular formula is C52H55Cl3N8O8. The molecule has 2 aliphatic heterocycles. The number of H-pyrrole nitrogens is 2. The summed E-state index contributed by atoms with van der Waals surface area (Å²) in [7, 11) is 3.25. The molecule has 3 N–H and O–H groups in total. The number of fused-ring (bicyclic) bond motifs is 4. The standard InChI is InChI=1S/C26H27ClN4O4.C24H26N4O3.C2H2Cl2O/c1-16-9-18-3-4-19(10-21(18)30-16)35-26-20-11-23(33-2)24(12-22(20)28-15-29-26)34-14-17-5-7-31(8-6-17)25(32)13-27;1-15-9-17-3-4-18(10-20(17)28-15)31-24-19-11-22(29-2)23(12-21(19)26-14-27-24)30-13-16-5-7-25-8-6-16;3-1-2(4)5/h3-4,9-12,15,17,30H,5-8,13-14H2,1-2H3;3-4,9-12,14,16,25,28H,5-8,13H2,1-2H3;1H2. The number of aromatic amines is 2. The monoisotopic (exact) mass is 1020 g/mol. The van der Waals surface area contributed by atoms with E-state index in [1.165, 1.54) is 12.7 Å². The summed E-state index contributed by atoms with van der Waals surface area (Å²) in [4.78, 5) is 47.3. The van der Waals surface area contributed by atoms with Crippen LogP contribution in [0.4, 0.5) is 0 Å². The fraction of sp³-hybridized carbons (Fsp3) is 0.346. The molecule has 71 heavy (non-hydrogen) atoms. The van der Waals surface area contributed by atoms with E-state index in [4.69, 9.17) is 63.2 Å². The lowest BCUT2D eigenvalue weighted by Gasteiger charge is -2.31. The van der Waals surface area contributed by atoms with Crippen LogP contribution in [-0.4, -0.2) is 111 Å². The summed E-state index contributed by atoms with van der Waals surface area (Å²) in [5.74, 6) is 5.69. The minimum Gasteiger partial charge on any atom is -0.493 e. The van der Waals surface area contributed by atoms with Crippen LogP contribution in [0.15, 0.2) is 85.5 Å². The quantitative estimate of drug-likeness (QED) is 0.0690. The van der Waals surface area contributed by atoms with Gasteiger partial charge in [0.05, 0.1) is 55.1 Å². The maximum atomic E-state index is 11.8. The van der Waals surface area contributed by atoms with Crippen LogP contribution in [0.1, 0.15) is 37.1 Å². The number of hydrogen-bond donors (Lipinski definition) is 3. The normalized spacial score (nSPS) is 14.1. The molecule has 0 aliphatic carbocycles. The topological polar surface area (TPSA) is 188 Å². The van der Waals surface area contributed by atoms with Gasteiger partial charge in [0, 0.05) is 59.8 Å². The number of benzene rings is 4. The van der Waals surface area contributed by atoms with Crippen molar-refractivity contribution in [2.45, 2.75) is 39.5 Å². The Balaban J connectivity index is 0.000000175. The highest BCUT2D eigenvalue weighted by Crippen LogP contribution is 2.39. The molecule has 4 aromatic heterocycles. The van der Waals surface area contributed by atoms with Crippen LogP contribution in [0.3, 0.4) is 0 Å². The zero-order valence-electron chi connectivity index (χ0n) is 39.9. The number of piperidine rings is 2. The van der Waals surface area contributed by atoms with Gasteiger partial charge in [0.15, 0.2) is 23.0 Å². The Hall–Kier alpha value is -6.59. The van der Waals surface area contributed by atoms with Crippen LogP contribution in [-0.2, 0) is 9.59 Å². The highest BCUT2D eigenvalue weighted by Gasteiger charge is 2.24. The fourth-order valence-corrected chi connectivity index (χ4v) is 8.71. The molecule has 2 saturated heterocycles. The Morgan fingerprint density at radius 2 is 1.08 bits per heavy atom. The van der Waals surface area contributed by atoms with Crippen LogP contribution in [0.2, 0.25) is 0 Å². The lowest BCUT2D eigenvalue weighted by molar-refractivity contribution is -0.130. The molecule has 0 saturated carbocycles. The van der Waals surface area contributed by atoms with Crippen LogP contribution < -0.4 is 33.7 Å². The summed E-state index contributed by atoms with van der Waals surface area (Å²) < 4.78 is 35.8. The lowest BCUT2D eigenvalue weighted by atomic mass is 9.98. The second-order valence-corrected chi connectivity index (χ2v) is 18.2. The number of nitrogens with one attached hydrogen (secondary N) is 3. The molecule has 4 aromatic carbocycles. The van der Waals surface area contributed by atoms with Crippen molar-refractivity contribution >= 4 is 89.6 Å². The van der Waals surface area contributed by atoms with Crippen molar-refractivity contribution in [1.82, 2.24) is 40.1 Å². The van der Waals surface area contributed by atoms with E-state index in [0.717, 1.165) is 88.3 Å². The van der Waals surface area contributed by atoms with Crippen LogP contribution in [0, 0.1) is 25.7 Å². The zero-order chi connectivity index (χ0) is 49.9. The fourth-order valence-electron chi connectivity index (χ4n) is 8.54. The maximum absolute atomic E-state index is 11.8. The molecule has 0 bridgehead atoms. The number of ether oxygens (including phenoxy) is 6. The summed E-state index contributed by atoms with van der Waals surface area (Å²) in [6, 6.07) is 23.5. The molecular weight excluding hydrogens is 971 g/mol. The van der Waals surface area contributed by atoms with Gasteiger partial charge in [0.25, 0.3) is 0 Å². The van der Waals surface area contributed by atoms with Crippen molar-refractivity contribution in [3.63, 3.8) is 0 Å². The Morgan fingerprint density at radius 3 is 1.52 bits per heavy atom. The van der Waals surface area contributed by atoms with E-state index < -0.39 is 5.24 Å². The van der Waals surface area contributed by atoms with E-state index in [1.54, 1.807) is 14.2 Å². The van der Waals surface area contributed by atoms with E-state index in [0.29, 0.717) is 89.9 Å². The average molecular weight is 1030 g/mol. The molecule has 0 spiro atoms. The first-order valence-corrected chi connectivity index (χ1v) is 24.7. The second-order valence-electron chi connectivity index (χ2n) is 17.3. The first-order chi connectivity index (χ1) is 34.5. The van der Waals surface area contributed by atoms with Gasteiger partial charge >= 0.3 is 0 Å². The molecule has 0 radical (unpaired) electrons. The van der Waals surface area contributed by atoms with E-state index in [9.17, 15) is 9.59 Å². The number of rotatable bonds is 14. The second kappa shape index (κ2) is 24.0. The molecule has 8 aromatic rings. The van der Waals surface area contributed by atoms with Crippen LogP contribution in [0.5, 0.6) is 46.3 Å². The first kappa shape index (κ1) is 50.8. The van der Waals surface area contributed by atoms with Crippen molar-refractivity contribution in [3.05, 3.63) is 96.8 Å². The van der Waals surface area contributed by atoms with Gasteiger partial charge in [0.2, 0.25) is 22.9 Å². The number of carbonyl (C=O) groups excluding carboxylic acids is 2. The molecule has 2 fully saturated rings. The summed E-state index contributed by atoms with van der Waals surface area (Å²) in [5, 5.41) is 6.65. The summed E-state index contributed by atoms with van der Waals surface area (Å²) >= 11 is 15.2. The third-order valence-corrected chi connectivity index (χ3v) is 13.0. The first-order valence-electron chi connectivity index (χ1n) is 23.2. The predicted molar refractivity (Wildman–Crippen MR) is 277 cm³/mol. The molecule has 2 aliphatic rings. The van der Waals surface area contributed by atoms with Gasteiger partial charge in [-0.05, 0) is 135 Å². The number of amides is 1. The Labute approximate surface area is 425 Å². The molecule has 0 unspecified atom stereocenters. The minimum atomic E-state index is -0.508. The molecule has 372 valence electrons. The van der Waals surface area contributed by atoms with Gasteiger partial charge in [-0.3, -0.25) is 9.59 Å². The third-order valence-electron chi connectivity index (χ3n) is 12.2. The van der Waals surface area contributed by atoms with Crippen molar-refractivity contribution in [3.8, 4) is 46.3 Å². The summed E-state index contributed by atoms with van der Waals surface area (Å²) in [5.41, 5.74) is 5.69. The number of hydrogen-bond acceptors (Lipinski definition) is 13. The predicted octanol–water partition coefficient (Wildman–Crippen LogP) is 10.7. The molecule has 16 nitrogen and oxygen atoms in total. The minimum absolute atomic E-state index is 0.0112. The molecule has 6 heterocycles. The number of alkyl halides is 2. The number of methoxy groups -OCH3 is 2. The van der Waals surface area contributed by atoms with E-state index >= 15 is 0 Å². The number of likely N-dealkylation sites (tertiary alicyclic amines) is 1. The van der Waals surface area contributed by atoms with Crippen molar-refractivity contribution < 1.29 is 38.0 Å². The number of halogens is 3. The van der Waals surface area contributed by atoms with Gasteiger partial charge in [0.1, 0.15) is 30.0 Å². The number of nitrogens with zero attached hydrogens (tertiary/aromatic N) is 5. The summed E-state index contributed by atoms with van der Waals surface area (Å²) in [6.45, 7) is 8.77. The molecule has 19 heteroatoms. The third kappa shape index (κ3) is 13.0. The number of aromatic nitrogens is 6. The lowest BCUT2D eigenvalue weighted by Crippen LogP contribution is -2.40. The Bertz CT molecular complexity index is 3120. The SMILES string of the molecule is COc1cc2c(Oc3ccc4cc(C)[nH]c4c3)ncnc2cc1OCC1CCN(C(=O)CCl)CC1.COc1cc2c(Oc3ccc4cc(C)[nH]c4c3)ncnc2cc1OCC1CCNCC1.O=C(Cl)CCl. The number of aryl methyl sites for hydroxylation is 2. The van der Waals surface area contributed by atoms with Crippen molar-refractivity contribution in [1.29, 1.82) is 0 Å². The Kier molecular flexibility index (Phi) is 17.2. The smallest absolute Gasteiger partial charge is 0.237 e. The average Bonchev–Trinajstić information content (AvgIpc) is 3.97. The Morgan fingerprint density at radius 1 is 0.620 bits per heavy atom. The van der Waals surface area contributed by atoms with E-state index in [1.807, 2.05) is 79.4 Å². The van der Waals surface area contributed by atoms with Crippen molar-refractivity contribution in [2.75, 3.05) is 65.4 Å². The van der Waals surface area contributed by atoms with Gasteiger partial charge in [-0.15, -0.1) is 23.2 Å². The number of carbonyl (C=O) groups is 2. The van der Waals surface area contributed by atoms with Gasteiger partial charge in [-0.1, -0.05) is 0 Å². The zero-order valence-corrected chi connectivity index (χ0v) is 42.1. The van der Waals surface area contributed by atoms with Crippen LogP contribution in [0.25, 0.3) is 43.6 Å². The van der Waals surface area contributed by atoms with Gasteiger partial charge in [-0.25, -0.2) is 19.9 Å². The molecule has 0 atom stereocenters. The maximum Gasteiger partial charge on any atom is 0.237 e. The van der Waals surface area contributed by atoms with Gasteiger partial charge in [-0.2, -0.15) is 0 Å². The van der Waals surface area contributed by atoms with Crippen molar-refractivity contribution in [2.24, 2.45) is 11.8 Å². The van der Waals surface area contributed by atoms with Crippen LogP contribution >= 0.6 is 34.8 Å². The molecule has 10 rings (SSSR count). The highest BCUT2D eigenvalue weighted by molar-refractivity contribution is 6.67. The van der Waals surface area contributed by atoms with E-state index in [-0.39, 0.29) is 17.7 Å². The largest absolute Gasteiger partial charge is 0.493 e.